The highest BCUT2D eigenvalue weighted by Gasteiger charge is 2.44. The first kappa shape index (κ1) is 14.3. The summed E-state index contributed by atoms with van der Waals surface area (Å²) in [6.45, 7) is 6.48. The predicted octanol–water partition coefficient (Wildman–Crippen LogP) is 0.173. The summed E-state index contributed by atoms with van der Waals surface area (Å²) in [6.07, 6.45) is 2.19. The lowest BCUT2D eigenvalue weighted by Gasteiger charge is -2.50. The Kier molecular flexibility index (Phi) is 4.10. The van der Waals surface area contributed by atoms with E-state index in [1.165, 1.54) is 0 Å². The SMILES string of the molecule is CC(C(=O)N1CCCC1)N1CC(C)(OCC(=O)O)C1. The second-order valence-corrected chi connectivity index (χ2v) is 5.75. The van der Waals surface area contributed by atoms with Crippen LogP contribution in [0.4, 0.5) is 0 Å². The highest BCUT2D eigenvalue weighted by Crippen LogP contribution is 2.27. The predicted molar refractivity (Wildman–Crippen MR) is 68.8 cm³/mol. The van der Waals surface area contributed by atoms with E-state index in [0.717, 1.165) is 25.9 Å². The molecule has 0 radical (unpaired) electrons. The Labute approximate surface area is 113 Å². The van der Waals surface area contributed by atoms with E-state index >= 15 is 0 Å². The van der Waals surface area contributed by atoms with Crippen molar-refractivity contribution in [3.63, 3.8) is 0 Å². The van der Waals surface area contributed by atoms with Crippen molar-refractivity contribution in [2.45, 2.75) is 38.3 Å². The molecule has 1 amide bonds. The molecule has 0 aliphatic carbocycles. The molecule has 2 saturated heterocycles. The summed E-state index contributed by atoms with van der Waals surface area (Å²) in [5.74, 6) is -0.779. The second kappa shape index (κ2) is 5.46. The summed E-state index contributed by atoms with van der Waals surface area (Å²) < 4.78 is 5.35. The van der Waals surface area contributed by atoms with Crippen LogP contribution >= 0.6 is 0 Å². The van der Waals surface area contributed by atoms with Gasteiger partial charge >= 0.3 is 5.97 Å². The quantitative estimate of drug-likeness (QED) is 0.771. The number of carboxylic acid groups (broad SMARTS) is 1. The maximum Gasteiger partial charge on any atom is 0.329 e. The van der Waals surface area contributed by atoms with E-state index in [2.05, 4.69) is 0 Å². The van der Waals surface area contributed by atoms with Gasteiger partial charge in [-0.25, -0.2) is 4.79 Å². The molecule has 2 heterocycles. The molecule has 0 spiro atoms. The molecule has 2 rings (SSSR count). The Balaban J connectivity index is 1.78. The lowest BCUT2D eigenvalue weighted by Crippen LogP contribution is -2.66. The molecule has 19 heavy (non-hydrogen) atoms. The van der Waals surface area contributed by atoms with Crippen LogP contribution in [-0.4, -0.2) is 71.2 Å². The maximum absolute atomic E-state index is 12.2. The van der Waals surface area contributed by atoms with Crippen LogP contribution in [0.2, 0.25) is 0 Å². The first-order chi connectivity index (χ1) is 8.91. The number of carboxylic acids is 1. The Bertz CT molecular complexity index is 360. The summed E-state index contributed by atoms with van der Waals surface area (Å²) in [5.41, 5.74) is -0.433. The van der Waals surface area contributed by atoms with Gasteiger partial charge in [0.05, 0.1) is 11.6 Å². The number of nitrogens with zero attached hydrogens (tertiary/aromatic N) is 2. The fourth-order valence-electron chi connectivity index (χ4n) is 2.77. The maximum atomic E-state index is 12.2. The number of aliphatic carboxylic acids is 1. The number of amides is 1. The van der Waals surface area contributed by atoms with Crippen molar-refractivity contribution in [3.05, 3.63) is 0 Å². The standard InChI is InChI=1S/C13H22N2O4/c1-10(12(18)14-5-3-4-6-14)15-8-13(2,9-15)19-7-11(16)17/h10H,3-9H2,1-2H3,(H,16,17). The number of carbonyl (C=O) groups is 2. The van der Waals surface area contributed by atoms with Crippen molar-refractivity contribution in [2.24, 2.45) is 0 Å². The molecule has 0 aromatic carbocycles. The summed E-state index contributed by atoms with van der Waals surface area (Å²) in [7, 11) is 0. The van der Waals surface area contributed by atoms with Crippen molar-refractivity contribution >= 4 is 11.9 Å². The van der Waals surface area contributed by atoms with Crippen molar-refractivity contribution < 1.29 is 19.4 Å². The summed E-state index contributed by atoms with van der Waals surface area (Å²) in [4.78, 5) is 26.6. The molecule has 6 nitrogen and oxygen atoms in total. The lowest BCUT2D eigenvalue weighted by atomic mass is 9.94. The zero-order valence-electron chi connectivity index (χ0n) is 11.6. The van der Waals surface area contributed by atoms with E-state index in [4.69, 9.17) is 9.84 Å². The molecule has 2 fully saturated rings. The first-order valence-electron chi connectivity index (χ1n) is 6.80. The number of likely N-dealkylation sites (tertiary alicyclic amines) is 2. The molecule has 2 aliphatic heterocycles. The summed E-state index contributed by atoms with van der Waals surface area (Å²) in [6, 6.07) is -0.139. The molecule has 0 bridgehead atoms. The van der Waals surface area contributed by atoms with E-state index in [0.29, 0.717) is 13.1 Å². The zero-order chi connectivity index (χ0) is 14.0. The number of hydrogen-bond donors (Lipinski definition) is 1. The van der Waals surface area contributed by atoms with Gasteiger partial charge in [0.1, 0.15) is 6.61 Å². The van der Waals surface area contributed by atoms with E-state index < -0.39 is 11.6 Å². The first-order valence-corrected chi connectivity index (χ1v) is 6.80. The zero-order valence-corrected chi connectivity index (χ0v) is 11.6. The Morgan fingerprint density at radius 2 is 1.89 bits per heavy atom. The number of carbonyl (C=O) groups excluding carboxylic acids is 1. The highest BCUT2D eigenvalue weighted by atomic mass is 16.5. The van der Waals surface area contributed by atoms with Crippen LogP contribution in [0.1, 0.15) is 26.7 Å². The van der Waals surface area contributed by atoms with Crippen LogP contribution in [0, 0.1) is 0 Å². The molecule has 108 valence electrons. The Morgan fingerprint density at radius 1 is 1.32 bits per heavy atom. The van der Waals surface area contributed by atoms with Gasteiger partial charge in [-0.15, -0.1) is 0 Å². The van der Waals surface area contributed by atoms with Crippen molar-refractivity contribution in [3.8, 4) is 0 Å². The van der Waals surface area contributed by atoms with Gasteiger partial charge in [-0.2, -0.15) is 0 Å². The van der Waals surface area contributed by atoms with E-state index in [1.807, 2.05) is 23.6 Å². The van der Waals surface area contributed by atoms with Gasteiger partial charge < -0.3 is 14.7 Å². The van der Waals surface area contributed by atoms with E-state index in [1.54, 1.807) is 0 Å². The largest absolute Gasteiger partial charge is 0.480 e. The molecule has 0 aromatic heterocycles. The van der Waals surface area contributed by atoms with Gasteiger partial charge in [-0.05, 0) is 26.7 Å². The molecule has 6 heteroatoms. The molecule has 0 saturated carbocycles. The van der Waals surface area contributed by atoms with Crippen LogP contribution in [0.3, 0.4) is 0 Å². The monoisotopic (exact) mass is 270 g/mol. The molecule has 1 N–H and O–H groups in total. The molecule has 2 aliphatic rings. The van der Waals surface area contributed by atoms with Crippen molar-refractivity contribution in [1.29, 1.82) is 0 Å². The molecular formula is C13H22N2O4. The van der Waals surface area contributed by atoms with Crippen LogP contribution in [0.15, 0.2) is 0 Å². The third-order valence-electron chi connectivity index (χ3n) is 3.94. The lowest BCUT2D eigenvalue weighted by molar-refractivity contribution is -0.173. The van der Waals surface area contributed by atoms with Gasteiger partial charge in [0.15, 0.2) is 0 Å². The minimum Gasteiger partial charge on any atom is -0.480 e. The normalized spacial score (nSPS) is 24.0. The van der Waals surface area contributed by atoms with Gasteiger partial charge in [0, 0.05) is 26.2 Å². The van der Waals surface area contributed by atoms with Crippen LogP contribution in [-0.2, 0) is 14.3 Å². The van der Waals surface area contributed by atoms with Gasteiger partial charge in [0.25, 0.3) is 0 Å². The van der Waals surface area contributed by atoms with E-state index in [-0.39, 0.29) is 18.6 Å². The van der Waals surface area contributed by atoms with Crippen LogP contribution in [0.5, 0.6) is 0 Å². The number of hydrogen-bond acceptors (Lipinski definition) is 4. The molecule has 0 aromatic rings. The number of ether oxygens (including phenoxy) is 1. The van der Waals surface area contributed by atoms with Crippen LogP contribution in [0.25, 0.3) is 0 Å². The number of rotatable bonds is 5. The van der Waals surface area contributed by atoms with Crippen LogP contribution < -0.4 is 0 Å². The van der Waals surface area contributed by atoms with Gasteiger partial charge in [-0.1, -0.05) is 0 Å². The Morgan fingerprint density at radius 3 is 2.42 bits per heavy atom. The molecule has 1 unspecified atom stereocenters. The minimum absolute atomic E-state index is 0.139. The van der Waals surface area contributed by atoms with Gasteiger partial charge in [-0.3, -0.25) is 9.69 Å². The fraction of sp³-hybridized carbons (Fsp3) is 0.846. The second-order valence-electron chi connectivity index (χ2n) is 5.75. The smallest absolute Gasteiger partial charge is 0.329 e. The molecule has 1 atom stereocenters. The summed E-state index contributed by atoms with van der Waals surface area (Å²) in [5, 5.41) is 8.60. The van der Waals surface area contributed by atoms with Crippen molar-refractivity contribution in [2.75, 3.05) is 32.8 Å². The van der Waals surface area contributed by atoms with E-state index in [9.17, 15) is 9.59 Å². The average molecular weight is 270 g/mol. The minimum atomic E-state index is -0.958. The third kappa shape index (κ3) is 3.25. The molecular weight excluding hydrogens is 248 g/mol. The third-order valence-corrected chi connectivity index (χ3v) is 3.94. The summed E-state index contributed by atoms with van der Waals surface area (Å²) >= 11 is 0. The topological polar surface area (TPSA) is 70.1 Å². The van der Waals surface area contributed by atoms with Crippen molar-refractivity contribution in [1.82, 2.24) is 9.80 Å². The average Bonchev–Trinajstić information content (AvgIpc) is 2.84. The fourth-order valence-corrected chi connectivity index (χ4v) is 2.77. The van der Waals surface area contributed by atoms with Gasteiger partial charge in [0.2, 0.25) is 5.91 Å². The highest BCUT2D eigenvalue weighted by molar-refractivity contribution is 5.81. The Hall–Kier alpha value is -1.14.